The highest BCUT2D eigenvalue weighted by Gasteiger charge is 2.24. The third kappa shape index (κ3) is 5.57. The second-order valence-electron chi connectivity index (χ2n) is 10.4. The van der Waals surface area contributed by atoms with E-state index in [1.54, 1.807) is 6.07 Å². The van der Waals surface area contributed by atoms with E-state index in [-0.39, 0.29) is 11.8 Å². The van der Waals surface area contributed by atoms with Crippen molar-refractivity contribution in [3.8, 4) is 34.5 Å². The van der Waals surface area contributed by atoms with Crippen molar-refractivity contribution in [2.24, 2.45) is 13.0 Å². The average molecular weight is 508 g/mol. The number of carboxylic acids is 1. The number of hydrogen-bond acceptors (Lipinski definition) is 3. The van der Waals surface area contributed by atoms with E-state index in [2.05, 4.69) is 53.0 Å². The van der Waals surface area contributed by atoms with Crippen LogP contribution >= 0.6 is 0 Å². The zero-order valence-corrected chi connectivity index (χ0v) is 22.0. The largest absolute Gasteiger partial charge is 0.481 e. The van der Waals surface area contributed by atoms with Gasteiger partial charge in [0.2, 0.25) is 0 Å². The molecule has 0 aliphatic heterocycles. The second-order valence-corrected chi connectivity index (χ2v) is 10.4. The van der Waals surface area contributed by atoms with Gasteiger partial charge in [-0.15, -0.1) is 0 Å². The Morgan fingerprint density at radius 1 is 1.11 bits per heavy atom. The van der Waals surface area contributed by atoms with Gasteiger partial charge in [-0.05, 0) is 73.3 Å². The van der Waals surface area contributed by atoms with Crippen LogP contribution in [0.5, 0.6) is 0 Å². The summed E-state index contributed by atoms with van der Waals surface area (Å²) in [5.74, 6) is 6.96. The zero-order chi connectivity index (χ0) is 26.6. The van der Waals surface area contributed by atoms with E-state index in [9.17, 15) is 9.59 Å². The fraction of sp³-hybridized carbons (Fsp3) is 0.344. The Morgan fingerprint density at radius 2 is 1.87 bits per heavy atom. The molecule has 2 heterocycles. The van der Waals surface area contributed by atoms with Gasteiger partial charge in [0.1, 0.15) is 5.82 Å². The number of imidazole rings is 1. The number of aromatic nitrogens is 3. The number of fused-ring (bicyclic) bond motifs is 1. The lowest BCUT2D eigenvalue weighted by molar-refractivity contribution is -0.138. The maximum absolute atomic E-state index is 13.2. The lowest BCUT2D eigenvalue weighted by Gasteiger charge is -2.28. The third-order valence-corrected chi connectivity index (χ3v) is 7.57. The Hall–Kier alpha value is -4.11. The van der Waals surface area contributed by atoms with Gasteiger partial charge in [-0.1, -0.05) is 43.0 Å². The number of aromatic amines is 1. The molecule has 0 unspecified atom stereocenters. The summed E-state index contributed by atoms with van der Waals surface area (Å²) >= 11 is 0. The Kier molecular flexibility index (Phi) is 7.46. The molecular formula is C32H33N3O3. The van der Waals surface area contributed by atoms with Gasteiger partial charge in [0.05, 0.1) is 22.3 Å². The number of rotatable bonds is 6. The van der Waals surface area contributed by atoms with Gasteiger partial charge >= 0.3 is 5.97 Å². The highest BCUT2D eigenvalue weighted by Crippen LogP contribution is 2.37. The van der Waals surface area contributed by atoms with Crippen LogP contribution in [-0.2, 0) is 11.8 Å². The number of aryl methyl sites for hydroxylation is 1. The van der Waals surface area contributed by atoms with Crippen molar-refractivity contribution in [3.05, 3.63) is 76.1 Å². The average Bonchev–Trinajstić information content (AvgIpc) is 3.33. The lowest BCUT2D eigenvalue weighted by atomic mass is 9.77. The highest BCUT2D eigenvalue weighted by atomic mass is 16.4. The monoisotopic (exact) mass is 507 g/mol. The van der Waals surface area contributed by atoms with Crippen molar-refractivity contribution in [3.63, 3.8) is 0 Å². The molecule has 38 heavy (non-hydrogen) atoms. The van der Waals surface area contributed by atoms with Crippen molar-refractivity contribution < 1.29 is 9.90 Å². The molecule has 194 valence electrons. The summed E-state index contributed by atoms with van der Waals surface area (Å²) in [7, 11) is 1.94. The predicted molar refractivity (Wildman–Crippen MR) is 151 cm³/mol. The molecular weight excluding hydrogens is 474 g/mol. The van der Waals surface area contributed by atoms with Crippen molar-refractivity contribution in [2.75, 3.05) is 0 Å². The first-order chi connectivity index (χ1) is 18.4. The summed E-state index contributed by atoms with van der Waals surface area (Å²) in [6.07, 6.45) is 7.99. The summed E-state index contributed by atoms with van der Waals surface area (Å²) in [4.78, 5) is 32.1. The zero-order valence-electron chi connectivity index (χ0n) is 22.0. The van der Waals surface area contributed by atoms with E-state index >= 15 is 0 Å². The van der Waals surface area contributed by atoms with Gasteiger partial charge in [0.15, 0.2) is 5.43 Å². The van der Waals surface area contributed by atoms with Crippen LogP contribution in [0.15, 0.2) is 59.5 Å². The van der Waals surface area contributed by atoms with Crippen molar-refractivity contribution in [2.45, 2.75) is 57.8 Å². The molecule has 0 bridgehead atoms. The SMILES string of the molecule is CCCC#Cc1ccc2nc(-c3cn(C)c(-c4ccc(C5CCC(CC(=O)O)CC5)cc4)cc3=O)[nH]c2c1. The van der Waals surface area contributed by atoms with Gasteiger partial charge in [-0.25, -0.2) is 4.98 Å². The summed E-state index contributed by atoms with van der Waals surface area (Å²) in [6, 6.07) is 16.0. The molecule has 2 aromatic carbocycles. The molecule has 1 aliphatic rings. The Labute approximate surface area is 222 Å². The van der Waals surface area contributed by atoms with Crippen LogP contribution in [0.3, 0.4) is 0 Å². The number of carboxylic acid groups (broad SMARTS) is 1. The standard InChI is InChI=1S/C32H33N3O3/c1-3-4-5-6-21-9-16-27-28(17-21)34-32(33-27)26-20-35(2)29(19-30(26)36)25-14-12-24(13-15-25)23-10-7-22(8-11-23)18-31(37)38/h9,12-17,19-20,22-23H,3-4,7-8,10-11,18H2,1-2H3,(H,33,34)(H,37,38). The van der Waals surface area contributed by atoms with E-state index < -0.39 is 5.97 Å². The van der Waals surface area contributed by atoms with E-state index in [0.29, 0.717) is 23.2 Å². The lowest BCUT2D eigenvalue weighted by Crippen LogP contribution is -2.16. The number of unbranched alkanes of at least 4 members (excludes halogenated alkanes) is 1. The van der Waals surface area contributed by atoms with Gasteiger partial charge in [-0.3, -0.25) is 9.59 Å². The molecule has 6 heteroatoms. The quantitative estimate of drug-likeness (QED) is 0.292. The van der Waals surface area contributed by atoms with Gasteiger partial charge < -0.3 is 14.7 Å². The fourth-order valence-electron chi connectivity index (χ4n) is 5.47. The number of benzene rings is 2. The summed E-state index contributed by atoms with van der Waals surface area (Å²) < 4.78 is 1.97. The van der Waals surface area contributed by atoms with E-state index in [4.69, 9.17) is 5.11 Å². The minimum absolute atomic E-state index is 0.0825. The van der Waals surface area contributed by atoms with Crippen molar-refractivity contribution >= 4 is 17.0 Å². The van der Waals surface area contributed by atoms with Crippen molar-refractivity contribution in [1.29, 1.82) is 0 Å². The second kappa shape index (κ2) is 11.1. The smallest absolute Gasteiger partial charge is 0.303 e. The van der Waals surface area contributed by atoms with Crippen LogP contribution in [0.4, 0.5) is 0 Å². The molecule has 1 saturated carbocycles. The molecule has 2 aromatic heterocycles. The van der Waals surface area contributed by atoms with E-state index in [0.717, 1.165) is 66.4 Å². The van der Waals surface area contributed by atoms with Crippen LogP contribution in [0.2, 0.25) is 0 Å². The van der Waals surface area contributed by atoms with E-state index in [1.807, 2.05) is 36.0 Å². The number of aliphatic carboxylic acids is 1. The maximum Gasteiger partial charge on any atom is 0.303 e. The predicted octanol–water partition coefficient (Wildman–Crippen LogP) is 6.50. The number of pyridine rings is 1. The molecule has 2 N–H and O–H groups in total. The van der Waals surface area contributed by atoms with Crippen LogP contribution in [0.1, 0.15) is 68.9 Å². The minimum atomic E-state index is -0.698. The normalized spacial score (nSPS) is 17.2. The molecule has 1 fully saturated rings. The Bertz CT molecular complexity index is 1580. The molecule has 6 nitrogen and oxygen atoms in total. The van der Waals surface area contributed by atoms with Crippen LogP contribution in [0.25, 0.3) is 33.7 Å². The first-order valence-corrected chi connectivity index (χ1v) is 13.4. The number of hydrogen-bond donors (Lipinski definition) is 2. The van der Waals surface area contributed by atoms with Crippen LogP contribution < -0.4 is 5.43 Å². The molecule has 0 spiro atoms. The van der Waals surface area contributed by atoms with Gasteiger partial charge in [-0.2, -0.15) is 0 Å². The van der Waals surface area contributed by atoms with E-state index in [1.165, 1.54) is 5.56 Å². The topological polar surface area (TPSA) is 88.0 Å². The molecule has 0 saturated heterocycles. The molecule has 0 radical (unpaired) electrons. The fourth-order valence-corrected chi connectivity index (χ4v) is 5.47. The molecule has 0 amide bonds. The third-order valence-electron chi connectivity index (χ3n) is 7.57. The van der Waals surface area contributed by atoms with Crippen molar-refractivity contribution in [1.82, 2.24) is 14.5 Å². The molecule has 1 aliphatic carbocycles. The first-order valence-electron chi connectivity index (χ1n) is 13.4. The summed E-state index contributed by atoms with van der Waals surface area (Å²) in [5, 5.41) is 9.05. The highest BCUT2D eigenvalue weighted by molar-refractivity contribution is 5.81. The molecule has 5 rings (SSSR count). The maximum atomic E-state index is 13.2. The molecule has 4 aromatic rings. The first kappa shape index (κ1) is 25.5. The Morgan fingerprint density at radius 3 is 2.58 bits per heavy atom. The van der Waals surface area contributed by atoms with Crippen LogP contribution in [-0.4, -0.2) is 25.6 Å². The minimum Gasteiger partial charge on any atom is -0.481 e. The Balaban J connectivity index is 1.35. The number of nitrogens with zero attached hydrogens (tertiary/aromatic N) is 2. The van der Waals surface area contributed by atoms with Gasteiger partial charge in [0.25, 0.3) is 0 Å². The number of nitrogens with one attached hydrogen (secondary N) is 1. The van der Waals surface area contributed by atoms with Crippen LogP contribution in [0, 0.1) is 17.8 Å². The molecule has 0 atom stereocenters. The summed E-state index contributed by atoms with van der Waals surface area (Å²) in [5.41, 5.74) is 6.16. The van der Waals surface area contributed by atoms with Gasteiger partial charge in [0, 0.05) is 37.7 Å². The number of H-pyrrole nitrogens is 1. The summed E-state index contributed by atoms with van der Waals surface area (Å²) in [6.45, 7) is 2.11. The number of carbonyl (C=O) groups is 1.